The maximum Gasteiger partial charge on any atom is 0.332 e. The number of amides is 1. The smallest absolute Gasteiger partial charge is 0.332 e. The van der Waals surface area contributed by atoms with Crippen molar-refractivity contribution in [3.63, 3.8) is 0 Å². The second-order valence-electron chi connectivity index (χ2n) is 5.01. The molecule has 0 radical (unpaired) electrons. The number of carbonyl (C=O) groups excluding carboxylic acids is 1. The van der Waals surface area contributed by atoms with Gasteiger partial charge in [0, 0.05) is 18.1 Å². The van der Waals surface area contributed by atoms with Crippen molar-refractivity contribution in [1.82, 2.24) is 4.90 Å². The number of halogens is 1. The first-order valence-electron chi connectivity index (χ1n) is 6.92. The van der Waals surface area contributed by atoms with Crippen molar-refractivity contribution in [1.29, 1.82) is 0 Å². The summed E-state index contributed by atoms with van der Waals surface area (Å²) in [4.78, 5) is 24.9. The lowest BCUT2D eigenvalue weighted by Crippen LogP contribution is -2.39. The number of carboxylic acids is 1. The summed E-state index contributed by atoms with van der Waals surface area (Å²) >= 11 is 5.94. The highest BCUT2D eigenvalue weighted by atomic mass is 35.5. The summed E-state index contributed by atoms with van der Waals surface area (Å²) in [5, 5.41) is 9.53. The Hall–Kier alpha value is -1.59. The second-order valence-corrected chi connectivity index (χ2v) is 5.45. The molecule has 2 atom stereocenters. The van der Waals surface area contributed by atoms with Gasteiger partial charge >= 0.3 is 5.97 Å². The van der Waals surface area contributed by atoms with Crippen LogP contribution in [-0.2, 0) is 20.9 Å². The van der Waals surface area contributed by atoms with Gasteiger partial charge in [0.25, 0.3) is 5.91 Å². The fourth-order valence-electron chi connectivity index (χ4n) is 2.41. The molecule has 1 fully saturated rings. The monoisotopic (exact) mass is 311 g/mol. The number of likely N-dealkylation sites (N-methyl/N-ethyl adjacent to an activating group) is 1. The largest absolute Gasteiger partial charge is 0.479 e. The summed E-state index contributed by atoms with van der Waals surface area (Å²) in [5.74, 6) is -1.18. The van der Waals surface area contributed by atoms with Gasteiger partial charge in [-0.1, -0.05) is 23.7 Å². The number of nitrogens with zero attached hydrogens (tertiary/aromatic N) is 1. The second kappa shape index (κ2) is 6.91. The van der Waals surface area contributed by atoms with Crippen LogP contribution in [0.3, 0.4) is 0 Å². The topological polar surface area (TPSA) is 66.8 Å². The predicted molar refractivity (Wildman–Crippen MR) is 78.1 cm³/mol. The molecule has 1 aliphatic rings. The van der Waals surface area contributed by atoms with Gasteiger partial charge in [-0.15, -0.1) is 0 Å². The van der Waals surface area contributed by atoms with Crippen molar-refractivity contribution in [2.75, 3.05) is 6.54 Å². The lowest BCUT2D eigenvalue weighted by Gasteiger charge is -2.24. The molecule has 1 amide bonds. The molecule has 2 rings (SSSR count). The zero-order chi connectivity index (χ0) is 15.4. The van der Waals surface area contributed by atoms with Crippen molar-refractivity contribution in [2.45, 2.75) is 38.5 Å². The Morgan fingerprint density at radius 2 is 2.10 bits per heavy atom. The van der Waals surface area contributed by atoms with Gasteiger partial charge in [-0.2, -0.15) is 0 Å². The summed E-state index contributed by atoms with van der Waals surface area (Å²) in [7, 11) is 0. The number of carboxylic acid groups (broad SMARTS) is 1. The van der Waals surface area contributed by atoms with Gasteiger partial charge in [0.05, 0.1) is 0 Å². The summed E-state index contributed by atoms with van der Waals surface area (Å²) in [5.41, 5.74) is 0.936. The van der Waals surface area contributed by atoms with Crippen LogP contribution in [0.25, 0.3) is 0 Å². The molecule has 0 spiro atoms. The van der Waals surface area contributed by atoms with Gasteiger partial charge in [-0.05, 0) is 37.5 Å². The number of hydrogen-bond donors (Lipinski definition) is 1. The van der Waals surface area contributed by atoms with E-state index in [1.165, 1.54) is 0 Å². The van der Waals surface area contributed by atoms with Crippen molar-refractivity contribution in [2.24, 2.45) is 0 Å². The van der Waals surface area contributed by atoms with Gasteiger partial charge in [0.1, 0.15) is 6.10 Å². The molecule has 21 heavy (non-hydrogen) atoms. The van der Waals surface area contributed by atoms with E-state index in [4.69, 9.17) is 21.4 Å². The molecule has 6 heteroatoms. The Balaban J connectivity index is 2.01. The van der Waals surface area contributed by atoms with Gasteiger partial charge in [-0.3, -0.25) is 4.79 Å². The Morgan fingerprint density at radius 1 is 1.38 bits per heavy atom. The Labute approximate surface area is 128 Å². The molecule has 0 unspecified atom stereocenters. The van der Waals surface area contributed by atoms with Crippen LogP contribution in [0.4, 0.5) is 0 Å². The number of benzene rings is 1. The first kappa shape index (κ1) is 15.8. The van der Waals surface area contributed by atoms with E-state index in [-0.39, 0.29) is 5.91 Å². The van der Waals surface area contributed by atoms with Crippen LogP contribution in [-0.4, -0.2) is 40.6 Å². The fourth-order valence-corrected chi connectivity index (χ4v) is 2.62. The van der Waals surface area contributed by atoms with E-state index in [0.717, 1.165) is 5.56 Å². The molecule has 5 nitrogen and oxygen atoms in total. The molecule has 1 aromatic rings. The van der Waals surface area contributed by atoms with E-state index >= 15 is 0 Å². The van der Waals surface area contributed by atoms with Crippen LogP contribution in [0, 0.1) is 0 Å². The normalized spacial score (nSPS) is 21.2. The standard InChI is InChI=1S/C15H18ClNO4/c1-2-17(9-10-4-3-5-11(16)8-10)14(18)12-6-7-13(21-12)15(19)20/h3-5,8,12-13H,2,6-7,9H2,1H3,(H,19,20)/t12-,13+/m0/s1. The molecular weight excluding hydrogens is 294 g/mol. The van der Waals surface area contributed by atoms with Gasteiger partial charge in [0.15, 0.2) is 6.10 Å². The van der Waals surface area contributed by atoms with Gasteiger partial charge in [-0.25, -0.2) is 4.79 Å². The Bertz CT molecular complexity index is 534. The zero-order valence-corrected chi connectivity index (χ0v) is 12.5. The van der Waals surface area contributed by atoms with Crippen LogP contribution in [0.5, 0.6) is 0 Å². The summed E-state index contributed by atoms with van der Waals surface area (Å²) in [6.07, 6.45) is -0.712. The van der Waals surface area contributed by atoms with Crippen molar-refractivity contribution in [3.05, 3.63) is 34.9 Å². The summed E-state index contributed by atoms with van der Waals surface area (Å²) < 4.78 is 5.31. The van der Waals surface area contributed by atoms with E-state index in [9.17, 15) is 9.59 Å². The highest BCUT2D eigenvalue weighted by molar-refractivity contribution is 6.30. The highest BCUT2D eigenvalue weighted by Gasteiger charge is 2.36. The average Bonchev–Trinajstić information content (AvgIpc) is 2.94. The van der Waals surface area contributed by atoms with Crippen LogP contribution in [0.15, 0.2) is 24.3 Å². The lowest BCUT2D eigenvalue weighted by atomic mass is 10.1. The molecule has 0 bridgehead atoms. The van der Waals surface area contributed by atoms with E-state index in [0.29, 0.717) is 31.0 Å². The molecule has 1 aliphatic heterocycles. The Kier molecular flexibility index (Phi) is 5.20. The SMILES string of the molecule is CCN(Cc1cccc(Cl)c1)C(=O)[C@@H]1CC[C@H](C(=O)O)O1. The maximum atomic E-state index is 12.4. The zero-order valence-electron chi connectivity index (χ0n) is 11.8. The minimum absolute atomic E-state index is 0.166. The van der Waals surface area contributed by atoms with Crippen molar-refractivity contribution < 1.29 is 19.4 Å². The number of hydrogen-bond acceptors (Lipinski definition) is 3. The summed E-state index contributed by atoms with van der Waals surface area (Å²) in [6.45, 7) is 2.85. The Morgan fingerprint density at radius 3 is 2.67 bits per heavy atom. The quantitative estimate of drug-likeness (QED) is 0.906. The predicted octanol–water partition coefficient (Wildman–Crippen LogP) is 2.32. The summed E-state index contributed by atoms with van der Waals surface area (Å²) in [6, 6.07) is 7.33. The van der Waals surface area contributed by atoms with Crippen LogP contribution < -0.4 is 0 Å². The number of aliphatic carboxylic acids is 1. The minimum atomic E-state index is -1.01. The molecule has 0 saturated carbocycles. The average molecular weight is 312 g/mol. The molecule has 1 N–H and O–H groups in total. The minimum Gasteiger partial charge on any atom is -0.479 e. The number of ether oxygens (including phenoxy) is 1. The van der Waals surface area contributed by atoms with E-state index in [1.54, 1.807) is 11.0 Å². The fraction of sp³-hybridized carbons (Fsp3) is 0.467. The third-order valence-electron chi connectivity index (χ3n) is 3.53. The first-order chi connectivity index (χ1) is 10.0. The number of rotatable bonds is 5. The molecule has 1 aromatic carbocycles. The third kappa shape index (κ3) is 3.95. The third-order valence-corrected chi connectivity index (χ3v) is 3.76. The molecular formula is C15H18ClNO4. The molecule has 0 aromatic heterocycles. The number of carbonyl (C=O) groups is 2. The maximum absolute atomic E-state index is 12.4. The molecule has 1 saturated heterocycles. The van der Waals surface area contributed by atoms with Crippen LogP contribution in [0.1, 0.15) is 25.3 Å². The van der Waals surface area contributed by atoms with Crippen molar-refractivity contribution in [3.8, 4) is 0 Å². The lowest BCUT2D eigenvalue weighted by molar-refractivity contribution is -0.155. The van der Waals surface area contributed by atoms with E-state index in [1.807, 2.05) is 25.1 Å². The van der Waals surface area contributed by atoms with Crippen LogP contribution in [0.2, 0.25) is 5.02 Å². The highest BCUT2D eigenvalue weighted by Crippen LogP contribution is 2.22. The molecule has 114 valence electrons. The first-order valence-corrected chi connectivity index (χ1v) is 7.30. The molecule has 0 aliphatic carbocycles. The van der Waals surface area contributed by atoms with Gasteiger partial charge in [0.2, 0.25) is 0 Å². The van der Waals surface area contributed by atoms with Crippen molar-refractivity contribution >= 4 is 23.5 Å². The molecule has 1 heterocycles. The van der Waals surface area contributed by atoms with Crippen LogP contribution >= 0.6 is 11.6 Å². The van der Waals surface area contributed by atoms with E-state index < -0.39 is 18.2 Å². The van der Waals surface area contributed by atoms with E-state index in [2.05, 4.69) is 0 Å². The van der Waals surface area contributed by atoms with Gasteiger partial charge < -0.3 is 14.7 Å².